The molecule has 1 atom stereocenters. The van der Waals surface area contributed by atoms with Gasteiger partial charge in [-0.25, -0.2) is 9.50 Å². The van der Waals surface area contributed by atoms with E-state index in [2.05, 4.69) is 42.1 Å². The van der Waals surface area contributed by atoms with E-state index >= 15 is 0 Å². The largest absolute Gasteiger partial charge is 0.354 e. The molecule has 0 bridgehead atoms. The Bertz CT molecular complexity index is 887. The predicted octanol–water partition coefficient (Wildman–Crippen LogP) is 2.15. The van der Waals surface area contributed by atoms with Gasteiger partial charge in [0, 0.05) is 24.4 Å². The lowest BCUT2D eigenvalue weighted by atomic mass is 10.1. The molecule has 8 heteroatoms. The molecule has 7 nitrogen and oxygen atoms in total. The molecule has 0 radical (unpaired) electrons. The van der Waals surface area contributed by atoms with E-state index in [0.29, 0.717) is 25.2 Å². The van der Waals surface area contributed by atoms with Crippen LogP contribution in [-0.4, -0.2) is 51.0 Å². The zero-order chi connectivity index (χ0) is 18.7. The summed E-state index contributed by atoms with van der Waals surface area (Å²) in [7, 11) is 4.06. The first-order valence-electron chi connectivity index (χ1n) is 8.58. The zero-order valence-corrected chi connectivity index (χ0v) is 16.4. The molecule has 0 spiro atoms. The lowest BCUT2D eigenvalue weighted by molar-refractivity contribution is -0.121. The van der Waals surface area contributed by atoms with Crippen LogP contribution in [-0.2, 0) is 11.2 Å². The molecule has 3 aromatic rings. The van der Waals surface area contributed by atoms with E-state index in [9.17, 15) is 4.79 Å². The third kappa shape index (κ3) is 3.91. The van der Waals surface area contributed by atoms with Crippen molar-refractivity contribution in [3.8, 4) is 0 Å². The van der Waals surface area contributed by atoms with Crippen molar-refractivity contribution in [1.82, 2.24) is 29.8 Å². The quantitative estimate of drug-likeness (QED) is 0.688. The average Bonchev–Trinajstić information content (AvgIpc) is 3.26. The molecule has 1 unspecified atom stereocenters. The van der Waals surface area contributed by atoms with Gasteiger partial charge in [0.05, 0.1) is 6.04 Å². The van der Waals surface area contributed by atoms with Gasteiger partial charge in [-0.2, -0.15) is 21.4 Å². The Morgan fingerprint density at radius 2 is 2.19 bits per heavy atom. The SMILES string of the molecule is Cc1nc2ncnn2c(C)c1CCC(=O)NCC(c1ccsc1)N(C)C. The van der Waals surface area contributed by atoms with E-state index in [1.807, 2.05) is 27.9 Å². The second-order valence-corrected chi connectivity index (χ2v) is 7.35. The summed E-state index contributed by atoms with van der Waals surface area (Å²) in [5, 5.41) is 11.4. The van der Waals surface area contributed by atoms with Crippen molar-refractivity contribution in [2.75, 3.05) is 20.6 Å². The highest BCUT2D eigenvalue weighted by atomic mass is 32.1. The summed E-state index contributed by atoms with van der Waals surface area (Å²) in [6.45, 7) is 4.54. The zero-order valence-electron chi connectivity index (χ0n) is 15.6. The highest BCUT2D eigenvalue weighted by molar-refractivity contribution is 7.07. The molecule has 3 heterocycles. The van der Waals surface area contributed by atoms with Crippen LogP contribution in [0.25, 0.3) is 5.78 Å². The van der Waals surface area contributed by atoms with E-state index in [1.54, 1.807) is 15.9 Å². The average molecular weight is 372 g/mol. The predicted molar refractivity (Wildman–Crippen MR) is 102 cm³/mol. The molecule has 1 N–H and O–H groups in total. The number of nitrogens with one attached hydrogen (secondary N) is 1. The van der Waals surface area contributed by atoms with Crippen LogP contribution in [0.3, 0.4) is 0 Å². The molecule has 0 aliphatic rings. The molecule has 0 saturated carbocycles. The Balaban J connectivity index is 1.61. The number of likely N-dealkylation sites (N-methyl/N-ethyl adjacent to an activating group) is 1. The number of hydrogen-bond donors (Lipinski definition) is 1. The molecule has 0 aromatic carbocycles. The van der Waals surface area contributed by atoms with Crippen LogP contribution in [0.1, 0.15) is 35.0 Å². The Kier molecular flexibility index (Phi) is 5.63. The minimum Gasteiger partial charge on any atom is -0.354 e. The maximum absolute atomic E-state index is 12.4. The minimum atomic E-state index is 0.0459. The number of fused-ring (bicyclic) bond motifs is 1. The molecule has 1 amide bonds. The number of aryl methyl sites for hydroxylation is 2. The van der Waals surface area contributed by atoms with Crippen LogP contribution in [0.15, 0.2) is 23.2 Å². The van der Waals surface area contributed by atoms with Gasteiger partial charge in [-0.3, -0.25) is 4.79 Å². The van der Waals surface area contributed by atoms with Crippen LogP contribution in [0.4, 0.5) is 0 Å². The van der Waals surface area contributed by atoms with Crippen LogP contribution >= 0.6 is 11.3 Å². The number of amides is 1. The monoisotopic (exact) mass is 372 g/mol. The van der Waals surface area contributed by atoms with Gasteiger partial charge >= 0.3 is 0 Å². The molecule has 0 aliphatic carbocycles. The summed E-state index contributed by atoms with van der Waals surface area (Å²) in [4.78, 5) is 23.1. The third-order valence-corrected chi connectivity index (χ3v) is 5.34. The van der Waals surface area contributed by atoms with Gasteiger partial charge in [0.25, 0.3) is 5.78 Å². The molecular formula is C18H24N6OS. The van der Waals surface area contributed by atoms with Crippen molar-refractivity contribution in [2.24, 2.45) is 0 Å². The Morgan fingerprint density at radius 3 is 2.88 bits per heavy atom. The fourth-order valence-electron chi connectivity index (χ4n) is 3.12. The highest BCUT2D eigenvalue weighted by Gasteiger charge is 2.17. The summed E-state index contributed by atoms with van der Waals surface area (Å²) in [5.41, 5.74) is 4.18. The molecule has 3 rings (SSSR count). The summed E-state index contributed by atoms with van der Waals surface area (Å²) < 4.78 is 1.72. The van der Waals surface area contributed by atoms with Gasteiger partial charge in [0.2, 0.25) is 5.91 Å². The molecule has 138 valence electrons. The fraction of sp³-hybridized carbons (Fsp3) is 0.444. The maximum Gasteiger partial charge on any atom is 0.252 e. The van der Waals surface area contributed by atoms with Gasteiger partial charge in [0.1, 0.15) is 6.33 Å². The van der Waals surface area contributed by atoms with E-state index in [1.165, 1.54) is 11.9 Å². The van der Waals surface area contributed by atoms with Crippen molar-refractivity contribution in [3.05, 3.63) is 45.7 Å². The van der Waals surface area contributed by atoms with Gasteiger partial charge in [0.15, 0.2) is 0 Å². The lowest BCUT2D eigenvalue weighted by Gasteiger charge is -2.24. The molecule has 0 saturated heterocycles. The molecule has 3 aromatic heterocycles. The van der Waals surface area contributed by atoms with Crippen molar-refractivity contribution < 1.29 is 4.79 Å². The third-order valence-electron chi connectivity index (χ3n) is 4.63. The second kappa shape index (κ2) is 7.92. The Morgan fingerprint density at radius 1 is 1.38 bits per heavy atom. The van der Waals surface area contributed by atoms with Gasteiger partial charge in [-0.05, 0) is 62.3 Å². The number of carbonyl (C=O) groups is 1. The highest BCUT2D eigenvalue weighted by Crippen LogP contribution is 2.20. The van der Waals surface area contributed by atoms with Crippen molar-refractivity contribution in [1.29, 1.82) is 0 Å². The Labute approximate surface area is 157 Å². The number of nitrogens with zero attached hydrogens (tertiary/aromatic N) is 5. The summed E-state index contributed by atoms with van der Waals surface area (Å²) in [6.07, 6.45) is 2.56. The molecule has 26 heavy (non-hydrogen) atoms. The van der Waals surface area contributed by atoms with E-state index < -0.39 is 0 Å². The molecular weight excluding hydrogens is 348 g/mol. The summed E-state index contributed by atoms with van der Waals surface area (Å²) in [5.74, 6) is 0.641. The smallest absolute Gasteiger partial charge is 0.252 e. The van der Waals surface area contributed by atoms with E-state index in [4.69, 9.17) is 0 Å². The summed E-state index contributed by atoms with van der Waals surface area (Å²) in [6, 6.07) is 2.29. The number of thiophene rings is 1. The van der Waals surface area contributed by atoms with Crippen molar-refractivity contribution in [2.45, 2.75) is 32.7 Å². The second-order valence-electron chi connectivity index (χ2n) is 6.57. The number of rotatable bonds is 7. The number of carbonyl (C=O) groups excluding carboxylic acids is 1. The first-order chi connectivity index (χ1) is 12.5. The van der Waals surface area contributed by atoms with Crippen LogP contribution in [0, 0.1) is 13.8 Å². The number of aromatic nitrogens is 4. The van der Waals surface area contributed by atoms with E-state index in [-0.39, 0.29) is 11.9 Å². The normalized spacial score (nSPS) is 12.7. The minimum absolute atomic E-state index is 0.0459. The first kappa shape index (κ1) is 18.5. The van der Waals surface area contributed by atoms with Gasteiger partial charge < -0.3 is 10.2 Å². The molecule has 0 aliphatic heterocycles. The Hall–Kier alpha value is -2.32. The van der Waals surface area contributed by atoms with Crippen LogP contribution in [0.2, 0.25) is 0 Å². The van der Waals surface area contributed by atoms with Crippen molar-refractivity contribution in [3.63, 3.8) is 0 Å². The maximum atomic E-state index is 12.4. The van der Waals surface area contributed by atoms with Crippen molar-refractivity contribution >= 4 is 23.0 Å². The van der Waals surface area contributed by atoms with Crippen LogP contribution < -0.4 is 5.32 Å². The van der Waals surface area contributed by atoms with Crippen LogP contribution in [0.5, 0.6) is 0 Å². The standard InChI is InChI=1S/C18H24N6OS/c1-12-15(13(2)24-18(22-12)20-11-21-24)5-6-17(25)19-9-16(23(3)4)14-7-8-26-10-14/h7-8,10-11,16H,5-6,9H2,1-4H3,(H,19,25). The number of hydrogen-bond acceptors (Lipinski definition) is 6. The topological polar surface area (TPSA) is 75.4 Å². The lowest BCUT2D eigenvalue weighted by Crippen LogP contribution is -2.34. The summed E-state index contributed by atoms with van der Waals surface area (Å²) >= 11 is 1.67. The van der Waals surface area contributed by atoms with Gasteiger partial charge in [-0.1, -0.05) is 0 Å². The van der Waals surface area contributed by atoms with Gasteiger partial charge in [-0.15, -0.1) is 0 Å². The first-order valence-corrected chi connectivity index (χ1v) is 9.52. The fourth-order valence-corrected chi connectivity index (χ4v) is 3.82. The molecule has 0 fully saturated rings. The van der Waals surface area contributed by atoms with E-state index in [0.717, 1.165) is 17.0 Å².